The predicted octanol–water partition coefficient (Wildman–Crippen LogP) is 3.23. The number of aliphatic hydroxyl groups excluding tert-OH is 1. The fourth-order valence-corrected chi connectivity index (χ4v) is 7.50. The standard InChI is InChI=1S/C42H39ClF3N5O15S/c1-41(2,3)40(61)65-34-26-12-18(13-27(34)66-67(5,62)63)30(51-39(60)42(44,45)46)37(58)48-29-16-6-8-23(53)20(10-16)28-21(14-19(52)15-24(28)54)31(35(56)47-4)49-38(59)32(50-36(29)57)33(55)17-7-9-25(64-26)22(43)11-17/h6-15,29-33,52-55H,1-5H3,(H,47,56)(H,48,58)(H,49,59)(H,50,57)(H,51,60)/t29-,30-,31+,32+,33-/m1/s1. The van der Waals surface area contributed by atoms with Crippen molar-refractivity contribution < 1.29 is 84.4 Å². The monoisotopic (exact) mass is 977 g/mol. The molecule has 3 heterocycles. The summed E-state index contributed by atoms with van der Waals surface area (Å²) in [6.07, 6.45) is -7.28. The van der Waals surface area contributed by atoms with Crippen molar-refractivity contribution in [3.63, 3.8) is 0 Å². The maximum Gasteiger partial charge on any atom is 0.471 e. The zero-order valence-electron chi connectivity index (χ0n) is 35.4. The second-order valence-corrected chi connectivity index (χ2v) is 18.1. The molecule has 5 atom stereocenters. The first-order valence-corrected chi connectivity index (χ1v) is 21.6. The van der Waals surface area contributed by atoms with Gasteiger partial charge in [0.2, 0.25) is 29.4 Å². The Labute approximate surface area is 382 Å². The number of carbonyl (C=O) groups excluding carboxylic acids is 6. The van der Waals surface area contributed by atoms with Gasteiger partial charge in [-0.15, -0.1) is 0 Å². The molecule has 67 heavy (non-hydrogen) atoms. The lowest BCUT2D eigenvalue weighted by atomic mass is 9.89. The summed E-state index contributed by atoms with van der Waals surface area (Å²) in [5.74, 6) is -14.2. The molecule has 20 nitrogen and oxygen atoms in total. The van der Waals surface area contributed by atoms with Gasteiger partial charge in [-0.1, -0.05) is 23.7 Å². The molecule has 9 N–H and O–H groups in total. The van der Waals surface area contributed by atoms with E-state index in [9.17, 15) is 70.8 Å². The molecule has 4 aromatic rings. The number of aromatic hydroxyl groups is 3. The third-order valence-corrected chi connectivity index (χ3v) is 10.8. The molecule has 0 fully saturated rings. The van der Waals surface area contributed by atoms with Crippen LogP contribution >= 0.6 is 11.6 Å². The van der Waals surface area contributed by atoms with E-state index in [1.165, 1.54) is 33.1 Å². The number of esters is 1. The Bertz CT molecular complexity index is 2860. The number of ether oxygens (including phenoxy) is 2. The van der Waals surface area contributed by atoms with E-state index in [-0.39, 0.29) is 16.7 Å². The molecule has 0 saturated heterocycles. The summed E-state index contributed by atoms with van der Waals surface area (Å²) in [6, 6.07) is 0.497. The number of rotatable bonds is 5. The number of fused-ring (bicyclic) bond motifs is 8. The van der Waals surface area contributed by atoms with Crippen molar-refractivity contribution in [3.8, 4) is 51.4 Å². The number of carbonyl (C=O) groups is 6. The van der Waals surface area contributed by atoms with Gasteiger partial charge in [-0.3, -0.25) is 28.8 Å². The molecule has 4 aromatic carbocycles. The third-order valence-electron chi connectivity index (χ3n) is 10.0. The average Bonchev–Trinajstić information content (AvgIpc) is 3.22. The van der Waals surface area contributed by atoms with E-state index in [1.807, 2.05) is 0 Å². The third kappa shape index (κ3) is 10.6. The van der Waals surface area contributed by atoms with E-state index < -0.39 is 149 Å². The van der Waals surface area contributed by atoms with Crippen molar-refractivity contribution in [3.05, 3.63) is 87.9 Å². The number of phenolic OH excluding ortho intramolecular Hbond substituents is 3. The van der Waals surface area contributed by atoms with E-state index in [0.29, 0.717) is 12.3 Å². The summed E-state index contributed by atoms with van der Waals surface area (Å²) in [5, 5.41) is 55.0. The quantitative estimate of drug-likeness (QED) is 0.0788. The number of hydrogen-bond donors (Lipinski definition) is 9. The Hall–Kier alpha value is -7.31. The van der Waals surface area contributed by atoms with Gasteiger partial charge in [0.25, 0.3) is 0 Å². The molecule has 0 unspecified atom stereocenters. The van der Waals surface area contributed by atoms with Crippen LogP contribution in [0, 0.1) is 5.41 Å². The topological polar surface area (TPSA) is 305 Å². The summed E-state index contributed by atoms with van der Waals surface area (Å²) in [5.41, 5.74) is -3.87. The van der Waals surface area contributed by atoms with Crippen LogP contribution in [-0.2, 0) is 38.9 Å². The van der Waals surface area contributed by atoms with Gasteiger partial charge in [-0.2, -0.15) is 21.6 Å². The van der Waals surface area contributed by atoms with Crippen LogP contribution in [-0.4, -0.2) is 89.9 Å². The molecule has 0 radical (unpaired) electrons. The van der Waals surface area contributed by atoms with Crippen molar-refractivity contribution in [2.45, 2.75) is 57.2 Å². The molecule has 0 aliphatic carbocycles. The Balaban J connectivity index is 1.71. The Morgan fingerprint density at radius 1 is 0.821 bits per heavy atom. The lowest BCUT2D eigenvalue weighted by Gasteiger charge is -2.31. The highest BCUT2D eigenvalue weighted by atomic mass is 35.5. The number of halogens is 4. The fraction of sp³-hybridized carbons (Fsp3) is 0.286. The van der Waals surface area contributed by atoms with Gasteiger partial charge >= 0.3 is 28.2 Å². The van der Waals surface area contributed by atoms with Gasteiger partial charge in [-0.25, -0.2) is 0 Å². The van der Waals surface area contributed by atoms with Crippen LogP contribution in [0.4, 0.5) is 13.2 Å². The molecule has 8 bridgehead atoms. The van der Waals surface area contributed by atoms with Gasteiger partial charge in [0.05, 0.1) is 16.7 Å². The van der Waals surface area contributed by atoms with Gasteiger partial charge in [0, 0.05) is 24.2 Å². The molecule has 3 aliphatic rings. The first-order chi connectivity index (χ1) is 31.1. The lowest BCUT2D eigenvalue weighted by Crippen LogP contribution is -2.55. The maximum absolute atomic E-state index is 14.6. The Kier molecular flexibility index (Phi) is 13.3. The number of amides is 5. The summed E-state index contributed by atoms with van der Waals surface area (Å²) in [7, 11) is -3.47. The predicted molar refractivity (Wildman–Crippen MR) is 225 cm³/mol. The number of hydrogen-bond acceptors (Lipinski definition) is 15. The van der Waals surface area contributed by atoms with E-state index in [2.05, 4.69) is 21.3 Å². The highest BCUT2D eigenvalue weighted by Crippen LogP contribution is 2.47. The van der Waals surface area contributed by atoms with Gasteiger partial charge in [-0.05, 0) is 85.5 Å². The maximum atomic E-state index is 14.6. The van der Waals surface area contributed by atoms with E-state index in [1.54, 1.807) is 0 Å². The molecule has 0 aromatic heterocycles. The van der Waals surface area contributed by atoms with Crippen LogP contribution in [0.5, 0.6) is 40.2 Å². The van der Waals surface area contributed by atoms with Crippen LogP contribution in [0.25, 0.3) is 11.1 Å². The largest absolute Gasteiger partial charge is 0.508 e. The molecule has 25 heteroatoms. The SMILES string of the molecule is CNC(=O)[C@H]1NC(=O)[C@H]2NC(=O)[C@H](NC(=O)[C@H](NC(=O)C(F)(F)F)c3cc(c(OC(=O)C(C)(C)C)c(OS(C)(=O)=O)c3)Oc3ccc(cc3Cl)[C@H]2O)c2ccc(O)c(c2)-c2c(O)cc(O)cc21. The normalized spacial score (nSPS) is 19.8. The second-order valence-electron chi connectivity index (χ2n) is 16.1. The van der Waals surface area contributed by atoms with Gasteiger partial charge in [0.15, 0.2) is 11.5 Å². The molecule has 0 saturated carbocycles. The number of alkyl halides is 3. The van der Waals surface area contributed by atoms with Crippen LogP contribution in [0.3, 0.4) is 0 Å². The molecule has 7 rings (SSSR count). The fourth-order valence-electron chi connectivity index (χ4n) is 6.82. The van der Waals surface area contributed by atoms with Gasteiger partial charge < -0.3 is 60.7 Å². The molecule has 356 valence electrons. The molecule has 3 aliphatic heterocycles. The number of nitrogens with one attached hydrogen (secondary N) is 5. The molecular weight excluding hydrogens is 939 g/mol. The number of likely N-dealkylation sites (N-methyl/N-ethyl adjacent to an activating group) is 1. The van der Waals surface area contributed by atoms with Crippen molar-refractivity contribution in [2.24, 2.45) is 5.41 Å². The van der Waals surface area contributed by atoms with E-state index >= 15 is 0 Å². The molecule has 0 spiro atoms. The smallest absolute Gasteiger partial charge is 0.471 e. The second kappa shape index (κ2) is 18.2. The minimum absolute atomic E-state index is 0.235. The van der Waals surface area contributed by atoms with Crippen LogP contribution in [0.15, 0.2) is 60.7 Å². The first-order valence-electron chi connectivity index (χ1n) is 19.4. The van der Waals surface area contributed by atoms with Crippen molar-refractivity contribution in [2.75, 3.05) is 13.3 Å². The lowest BCUT2D eigenvalue weighted by molar-refractivity contribution is -0.174. The summed E-state index contributed by atoms with van der Waals surface area (Å²) >= 11 is 6.62. The van der Waals surface area contributed by atoms with E-state index in [4.69, 9.17) is 25.3 Å². The minimum atomic E-state index is -5.69. The summed E-state index contributed by atoms with van der Waals surface area (Å²) < 4.78 is 84.0. The highest BCUT2D eigenvalue weighted by Gasteiger charge is 2.44. The summed E-state index contributed by atoms with van der Waals surface area (Å²) in [6.45, 7) is 4.22. The average molecular weight is 978 g/mol. The number of aliphatic hydroxyl groups is 1. The van der Waals surface area contributed by atoms with Crippen molar-refractivity contribution in [1.29, 1.82) is 0 Å². The van der Waals surface area contributed by atoms with Crippen LogP contribution in [0.2, 0.25) is 5.02 Å². The van der Waals surface area contributed by atoms with Gasteiger partial charge in [0.1, 0.15) is 53.3 Å². The number of benzene rings is 4. The van der Waals surface area contributed by atoms with E-state index in [0.717, 1.165) is 54.6 Å². The molecular formula is C42H39ClF3N5O15S. The Morgan fingerprint density at radius 2 is 1.49 bits per heavy atom. The highest BCUT2D eigenvalue weighted by molar-refractivity contribution is 7.86. The summed E-state index contributed by atoms with van der Waals surface area (Å²) in [4.78, 5) is 83.1. The zero-order valence-corrected chi connectivity index (χ0v) is 36.9. The number of phenols is 3. The Morgan fingerprint density at radius 3 is 2.10 bits per heavy atom. The van der Waals surface area contributed by atoms with Crippen LogP contribution in [0.1, 0.15) is 67.3 Å². The minimum Gasteiger partial charge on any atom is -0.508 e. The van der Waals surface area contributed by atoms with Crippen LogP contribution < -0.4 is 40.2 Å². The van der Waals surface area contributed by atoms with Crippen molar-refractivity contribution in [1.82, 2.24) is 26.6 Å². The zero-order chi connectivity index (χ0) is 49.7. The molecule has 5 amide bonds. The first kappa shape index (κ1) is 49.1. The van der Waals surface area contributed by atoms with Crippen molar-refractivity contribution >= 4 is 57.2 Å².